The van der Waals surface area contributed by atoms with Crippen molar-refractivity contribution in [2.24, 2.45) is 0 Å². The molecule has 0 atom stereocenters. The third kappa shape index (κ3) is 137. The van der Waals surface area contributed by atoms with E-state index in [4.69, 9.17) is 10.2 Å². The summed E-state index contributed by atoms with van der Waals surface area (Å²) in [6.45, 7) is 0. The Morgan fingerprint density at radius 1 is 0.778 bits per heavy atom. The van der Waals surface area contributed by atoms with Crippen molar-refractivity contribution in [1.82, 2.24) is 0 Å². The number of carbonyl (C=O) groups excluding carboxylic acids is 1. The minimum Gasteiger partial charge on any atom is -0.222 e. The molecule has 0 saturated heterocycles. The van der Waals surface area contributed by atoms with Crippen molar-refractivity contribution >= 4 is 108 Å². The lowest BCUT2D eigenvalue weighted by molar-refractivity contribution is 0.563. The number of hydrogen-bond donors (Lipinski definition) is 1. The zero-order chi connectivity index (χ0) is 2.71. The van der Waals surface area contributed by atoms with E-state index < -0.39 is 0 Å². The first kappa shape index (κ1) is 65.3. The minimum atomic E-state index is 0. The standard InChI is InChI=1S/CHNO.6BrH/c2-1-3;;;;;;/h2H;6*1H. The van der Waals surface area contributed by atoms with Crippen molar-refractivity contribution in [2.75, 3.05) is 0 Å². The van der Waals surface area contributed by atoms with Gasteiger partial charge in [0, 0.05) is 0 Å². The van der Waals surface area contributed by atoms with Gasteiger partial charge in [-0.05, 0) is 0 Å². The maximum Gasteiger partial charge on any atom is 0.231 e. The molecule has 8 heteroatoms. The molecule has 9 heavy (non-hydrogen) atoms. The molecule has 0 fully saturated rings. The van der Waals surface area contributed by atoms with E-state index in [1.807, 2.05) is 0 Å². The maximum atomic E-state index is 8.35. The molecule has 2 nitrogen and oxygen atoms in total. The largest absolute Gasteiger partial charge is 0.231 e. The molecule has 0 aromatic carbocycles. The zero-order valence-electron chi connectivity index (χ0n) is 3.86. The van der Waals surface area contributed by atoms with Crippen LogP contribution in [0.1, 0.15) is 0 Å². The fourth-order valence-electron chi connectivity index (χ4n) is 0. The van der Waals surface area contributed by atoms with Gasteiger partial charge >= 0.3 is 0 Å². The highest BCUT2D eigenvalue weighted by atomic mass is 79.9. The van der Waals surface area contributed by atoms with Crippen LogP contribution in [0.2, 0.25) is 0 Å². The van der Waals surface area contributed by atoms with Crippen LogP contribution >= 0.6 is 102 Å². The van der Waals surface area contributed by atoms with Gasteiger partial charge in [0.25, 0.3) is 0 Å². The monoisotopic (exact) mass is 523 g/mol. The summed E-state index contributed by atoms with van der Waals surface area (Å²) in [5.41, 5.74) is 0. The van der Waals surface area contributed by atoms with Crippen LogP contribution < -0.4 is 0 Å². The smallest absolute Gasteiger partial charge is 0.222 e. The fraction of sp³-hybridized carbons (Fsp3) is 0. The first-order valence-corrected chi connectivity index (χ1v) is 0.454. The molecule has 0 radical (unpaired) electrons. The van der Waals surface area contributed by atoms with Gasteiger partial charge in [-0.2, -0.15) is 0 Å². The zero-order valence-corrected chi connectivity index (χ0v) is 14.1. The van der Waals surface area contributed by atoms with Crippen LogP contribution in [0.5, 0.6) is 0 Å². The molecular weight excluding hydrogens is 521 g/mol. The van der Waals surface area contributed by atoms with Crippen LogP contribution in [-0.4, -0.2) is 6.08 Å². The first-order chi connectivity index (χ1) is 1.41. The molecule has 64 valence electrons. The van der Waals surface area contributed by atoms with Gasteiger partial charge < -0.3 is 0 Å². The van der Waals surface area contributed by atoms with Crippen LogP contribution in [-0.2, 0) is 4.79 Å². The SMILES string of the molecule is Br.Br.Br.Br.Br.Br.N=C=O. The third-order valence-corrected chi connectivity index (χ3v) is 0. The highest BCUT2D eigenvalue weighted by Crippen LogP contribution is 0.869. The summed E-state index contributed by atoms with van der Waals surface area (Å²) < 4.78 is 0. The third-order valence-electron chi connectivity index (χ3n) is 0. The van der Waals surface area contributed by atoms with Gasteiger partial charge in [0.2, 0.25) is 6.08 Å². The molecule has 1 N–H and O–H groups in total. The molecule has 0 aromatic rings. The molecule has 0 spiro atoms. The van der Waals surface area contributed by atoms with Gasteiger partial charge in [-0.25, -0.2) is 10.2 Å². The summed E-state index contributed by atoms with van der Waals surface area (Å²) in [6, 6.07) is 0. The summed E-state index contributed by atoms with van der Waals surface area (Å²) in [6.07, 6.45) is 0.750. The van der Waals surface area contributed by atoms with E-state index in [9.17, 15) is 0 Å². The molecule has 0 aliphatic heterocycles. The highest BCUT2D eigenvalue weighted by Gasteiger charge is 1.03. The molecular formula is CH7Br6NO. The lowest BCUT2D eigenvalue weighted by atomic mass is 11.7. The lowest BCUT2D eigenvalue weighted by Crippen LogP contribution is -1.16. The van der Waals surface area contributed by atoms with E-state index in [-0.39, 0.29) is 102 Å². The van der Waals surface area contributed by atoms with E-state index in [0.717, 1.165) is 6.08 Å². The van der Waals surface area contributed by atoms with Crippen LogP contribution in [0, 0.1) is 5.41 Å². The van der Waals surface area contributed by atoms with Crippen LogP contribution in [0.25, 0.3) is 0 Å². The van der Waals surface area contributed by atoms with Crippen molar-refractivity contribution < 1.29 is 4.79 Å². The van der Waals surface area contributed by atoms with E-state index in [1.54, 1.807) is 0 Å². The van der Waals surface area contributed by atoms with E-state index in [0.29, 0.717) is 0 Å². The second-order valence-electron chi connectivity index (χ2n) is 0.102. The van der Waals surface area contributed by atoms with Crippen molar-refractivity contribution in [3.8, 4) is 0 Å². The van der Waals surface area contributed by atoms with Crippen LogP contribution in [0.15, 0.2) is 0 Å². The van der Waals surface area contributed by atoms with Crippen LogP contribution in [0.3, 0.4) is 0 Å². The van der Waals surface area contributed by atoms with Gasteiger partial charge in [-0.1, -0.05) is 0 Å². The van der Waals surface area contributed by atoms with Gasteiger partial charge in [0.1, 0.15) is 0 Å². The summed E-state index contributed by atoms with van der Waals surface area (Å²) in [4.78, 5) is 8.35. The second kappa shape index (κ2) is 82.8. The summed E-state index contributed by atoms with van der Waals surface area (Å²) in [7, 11) is 0. The molecule has 0 aliphatic rings. The van der Waals surface area contributed by atoms with Crippen molar-refractivity contribution in [2.45, 2.75) is 0 Å². The number of hydrogen-bond acceptors (Lipinski definition) is 2. The maximum absolute atomic E-state index is 8.35. The molecule has 0 amide bonds. The van der Waals surface area contributed by atoms with Crippen molar-refractivity contribution in [3.05, 3.63) is 0 Å². The molecule has 0 aliphatic carbocycles. The number of rotatable bonds is 0. The Morgan fingerprint density at radius 2 is 0.778 bits per heavy atom. The van der Waals surface area contributed by atoms with Crippen molar-refractivity contribution in [3.63, 3.8) is 0 Å². The first-order valence-electron chi connectivity index (χ1n) is 0.454. The molecule has 0 bridgehead atoms. The average Bonchev–Trinajstić information content (AvgIpc) is 0.918. The number of nitrogens with one attached hydrogen (secondary N) is 1. The Morgan fingerprint density at radius 3 is 0.778 bits per heavy atom. The predicted molar refractivity (Wildman–Crippen MR) is 70.3 cm³/mol. The van der Waals surface area contributed by atoms with Gasteiger partial charge in [-0.15, -0.1) is 102 Å². The Bertz CT molecular complexity index is 34.0. The Kier molecular flexibility index (Phi) is 601. The molecule has 0 unspecified atom stereocenters. The molecule has 0 rings (SSSR count). The van der Waals surface area contributed by atoms with Gasteiger partial charge in [-0.3, -0.25) is 0 Å². The Labute approximate surface area is 117 Å². The second-order valence-corrected chi connectivity index (χ2v) is 0.102. The number of halogens is 6. The highest BCUT2D eigenvalue weighted by molar-refractivity contribution is 8.93. The lowest BCUT2D eigenvalue weighted by Gasteiger charge is -1.02. The summed E-state index contributed by atoms with van der Waals surface area (Å²) >= 11 is 0. The molecule has 0 aromatic heterocycles. The predicted octanol–water partition coefficient (Wildman–Crippen LogP) is 3.37. The fourth-order valence-corrected chi connectivity index (χ4v) is 0. The average molecular weight is 528 g/mol. The summed E-state index contributed by atoms with van der Waals surface area (Å²) in [5.74, 6) is 0. The Hall–Kier alpha value is 2.26. The quantitative estimate of drug-likeness (QED) is 0.380. The van der Waals surface area contributed by atoms with Crippen molar-refractivity contribution in [1.29, 1.82) is 5.41 Å². The normalized spacial score (nSPS) is 0.889. The van der Waals surface area contributed by atoms with E-state index >= 15 is 0 Å². The molecule has 0 saturated carbocycles. The van der Waals surface area contributed by atoms with E-state index in [2.05, 4.69) is 0 Å². The topological polar surface area (TPSA) is 40.9 Å². The van der Waals surface area contributed by atoms with E-state index in [1.165, 1.54) is 0 Å². The summed E-state index contributed by atoms with van der Waals surface area (Å²) in [5, 5.41) is 5.40. The van der Waals surface area contributed by atoms with Crippen LogP contribution in [0.4, 0.5) is 0 Å². The Balaban J connectivity index is -0.00000000133. The minimum absolute atomic E-state index is 0. The molecule has 0 heterocycles. The number of isocyanates is 1. The van der Waals surface area contributed by atoms with Gasteiger partial charge in [0.15, 0.2) is 0 Å². The van der Waals surface area contributed by atoms with Gasteiger partial charge in [0.05, 0.1) is 0 Å².